The molecule has 16 heteroatoms. The first kappa shape index (κ1) is 32.3. The van der Waals surface area contributed by atoms with Crippen LogP contribution in [0.15, 0.2) is 35.3 Å². The lowest BCUT2D eigenvalue weighted by atomic mass is 10.0. The Morgan fingerprint density at radius 2 is 1.31 bits per heavy atom. The predicted octanol–water partition coefficient (Wildman–Crippen LogP) is -2.90. The third kappa shape index (κ3) is 12.9. The third-order valence-electron chi connectivity index (χ3n) is 5.22. The second-order valence-corrected chi connectivity index (χ2v) is 8.46. The minimum absolute atomic E-state index is 0.0387. The van der Waals surface area contributed by atoms with Gasteiger partial charge in [0.25, 0.3) is 0 Å². The molecule has 0 aliphatic rings. The zero-order valence-corrected chi connectivity index (χ0v) is 20.9. The Hall–Kier alpha value is -4.73. The number of carboxylic acids is 3. The number of nitrogens with one attached hydrogen (secondary N) is 3. The molecule has 0 bridgehead atoms. The van der Waals surface area contributed by atoms with Crippen LogP contribution in [0.4, 0.5) is 0 Å². The highest BCUT2D eigenvalue weighted by Crippen LogP contribution is 2.07. The fourth-order valence-electron chi connectivity index (χ4n) is 3.31. The molecular formula is C23H33N7O9. The number of hydrogen-bond donors (Lipinski definition) is 9. The van der Waals surface area contributed by atoms with Crippen molar-refractivity contribution in [2.75, 3.05) is 6.54 Å². The largest absolute Gasteiger partial charge is 0.481 e. The number of carboxylic acid groups (broad SMARTS) is 3. The van der Waals surface area contributed by atoms with Gasteiger partial charge in [-0.1, -0.05) is 30.3 Å². The molecule has 0 fully saturated rings. The number of rotatable bonds is 17. The number of nitrogens with zero attached hydrogens (tertiary/aromatic N) is 1. The molecule has 0 saturated carbocycles. The maximum absolute atomic E-state index is 13.1. The summed E-state index contributed by atoms with van der Waals surface area (Å²) in [6.45, 7) is 0.118. The Morgan fingerprint density at radius 3 is 1.85 bits per heavy atom. The zero-order valence-electron chi connectivity index (χ0n) is 20.9. The molecule has 0 aliphatic heterocycles. The molecule has 1 aromatic carbocycles. The summed E-state index contributed by atoms with van der Waals surface area (Å²) in [6, 6.07) is 2.36. The first-order valence-electron chi connectivity index (χ1n) is 11.7. The Kier molecular flexibility index (Phi) is 13.4. The number of amides is 3. The maximum atomic E-state index is 13.1. The second kappa shape index (κ2) is 16.2. The van der Waals surface area contributed by atoms with Gasteiger partial charge in [0.1, 0.15) is 18.1 Å². The van der Waals surface area contributed by atoms with Crippen LogP contribution in [-0.2, 0) is 35.2 Å². The van der Waals surface area contributed by atoms with Crippen molar-refractivity contribution in [2.45, 2.75) is 56.3 Å². The molecule has 12 N–H and O–H groups in total. The van der Waals surface area contributed by atoms with Crippen LogP contribution >= 0.6 is 0 Å². The van der Waals surface area contributed by atoms with E-state index in [1.807, 2.05) is 0 Å². The van der Waals surface area contributed by atoms with E-state index in [4.69, 9.17) is 22.3 Å². The molecule has 0 spiro atoms. The smallest absolute Gasteiger partial charge is 0.326 e. The lowest BCUT2D eigenvalue weighted by Crippen LogP contribution is -2.58. The van der Waals surface area contributed by atoms with Crippen LogP contribution < -0.4 is 33.2 Å². The van der Waals surface area contributed by atoms with Crippen LogP contribution in [0.1, 0.15) is 31.2 Å². The number of aliphatic imine (C=N–C) groups is 1. The van der Waals surface area contributed by atoms with Gasteiger partial charge >= 0.3 is 17.9 Å². The van der Waals surface area contributed by atoms with E-state index in [2.05, 4.69) is 20.9 Å². The summed E-state index contributed by atoms with van der Waals surface area (Å²) in [5, 5.41) is 34.3. The van der Waals surface area contributed by atoms with Crippen molar-refractivity contribution in [3.8, 4) is 0 Å². The molecule has 0 radical (unpaired) electrons. The van der Waals surface area contributed by atoms with Crippen molar-refractivity contribution >= 4 is 41.6 Å². The molecule has 0 aromatic heterocycles. The molecule has 39 heavy (non-hydrogen) atoms. The average molecular weight is 552 g/mol. The van der Waals surface area contributed by atoms with Crippen LogP contribution in [0.25, 0.3) is 0 Å². The highest BCUT2D eigenvalue weighted by molar-refractivity contribution is 5.96. The summed E-state index contributed by atoms with van der Waals surface area (Å²) in [4.78, 5) is 75.9. The number of aliphatic carboxylic acids is 3. The number of guanidine groups is 1. The van der Waals surface area contributed by atoms with Crippen LogP contribution in [-0.4, -0.2) is 87.6 Å². The van der Waals surface area contributed by atoms with E-state index in [1.165, 1.54) is 0 Å². The van der Waals surface area contributed by atoms with E-state index in [0.29, 0.717) is 5.56 Å². The van der Waals surface area contributed by atoms with Crippen molar-refractivity contribution in [2.24, 2.45) is 22.2 Å². The summed E-state index contributed by atoms with van der Waals surface area (Å²) in [6.07, 6.45) is -1.60. The van der Waals surface area contributed by atoms with Crippen LogP contribution in [0, 0.1) is 0 Å². The highest BCUT2D eigenvalue weighted by atomic mass is 16.4. The van der Waals surface area contributed by atoms with Crippen molar-refractivity contribution < 1.29 is 44.1 Å². The number of carbonyl (C=O) groups excluding carboxylic acids is 3. The maximum Gasteiger partial charge on any atom is 0.326 e. The monoisotopic (exact) mass is 551 g/mol. The van der Waals surface area contributed by atoms with Crippen molar-refractivity contribution in [3.05, 3.63) is 35.9 Å². The minimum atomic E-state index is -1.71. The van der Waals surface area contributed by atoms with Crippen LogP contribution in [0.5, 0.6) is 0 Å². The van der Waals surface area contributed by atoms with E-state index in [1.54, 1.807) is 30.3 Å². The Bertz CT molecular complexity index is 1060. The molecular weight excluding hydrogens is 518 g/mol. The van der Waals surface area contributed by atoms with Gasteiger partial charge in [0.2, 0.25) is 17.7 Å². The summed E-state index contributed by atoms with van der Waals surface area (Å²) in [5.74, 6) is -7.44. The molecule has 1 aromatic rings. The van der Waals surface area contributed by atoms with Crippen molar-refractivity contribution in [1.82, 2.24) is 16.0 Å². The molecule has 0 saturated heterocycles. The van der Waals surface area contributed by atoms with Gasteiger partial charge in [-0.3, -0.25) is 29.0 Å². The van der Waals surface area contributed by atoms with E-state index in [0.717, 1.165) is 0 Å². The Labute approximate surface area is 223 Å². The SMILES string of the molecule is NC(N)=NCCCC(NC(=O)C(Cc1ccccc1)NC(=O)C(CC(=O)O)NC(=O)C(N)CC(=O)O)C(=O)O. The van der Waals surface area contributed by atoms with Crippen molar-refractivity contribution in [3.63, 3.8) is 0 Å². The molecule has 4 atom stereocenters. The first-order valence-corrected chi connectivity index (χ1v) is 11.7. The van der Waals surface area contributed by atoms with E-state index in [-0.39, 0.29) is 31.8 Å². The van der Waals surface area contributed by atoms with Gasteiger partial charge in [0.15, 0.2) is 5.96 Å². The average Bonchev–Trinajstić information content (AvgIpc) is 2.84. The fraction of sp³-hybridized carbons (Fsp3) is 0.435. The van der Waals surface area contributed by atoms with Gasteiger partial charge in [-0.25, -0.2) is 4.79 Å². The van der Waals surface area contributed by atoms with Crippen LogP contribution in [0.3, 0.4) is 0 Å². The standard InChI is InChI=1S/C23H33N7O9/c24-13(10-17(31)32)19(35)29-16(11-18(33)34)21(37)30-15(9-12-5-2-1-3-6-12)20(36)28-14(22(38)39)7-4-8-27-23(25)26/h1-3,5-6,13-16H,4,7-11,24H2,(H,28,36)(H,29,35)(H,30,37)(H,31,32)(H,33,34)(H,38,39)(H4,25,26,27). The number of hydrogen-bond acceptors (Lipinski definition) is 8. The van der Waals surface area contributed by atoms with Gasteiger partial charge in [-0.05, 0) is 18.4 Å². The number of benzene rings is 1. The van der Waals surface area contributed by atoms with Crippen molar-refractivity contribution in [1.29, 1.82) is 0 Å². The van der Waals surface area contributed by atoms with Gasteiger partial charge < -0.3 is 48.5 Å². The van der Waals surface area contributed by atoms with Crippen LogP contribution in [0.2, 0.25) is 0 Å². The summed E-state index contributed by atoms with van der Waals surface area (Å²) < 4.78 is 0. The molecule has 214 valence electrons. The van der Waals surface area contributed by atoms with Gasteiger partial charge in [0.05, 0.1) is 18.9 Å². The molecule has 4 unspecified atom stereocenters. The normalized spacial score (nSPS) is 13.6. The minimum Gasteiger partial charge on any atom is -0.481 e. The van der Waals surface area contributed by atoms with E-state index < -0.39 is 72.6 Å². The molecule has 16 nitrogen and oxygen atoms in total. The van der Waals surface area contributed by atoms with Gasteiger partial charge in [0, 0.05) is 13.0 Å². The number of carbonyl (C=O) groups is 6. The zero-order chi connectivity index (χ0) is 29.5. The first-order chi connectivity index (χ1) is 18.3. The lowest BCUT2D eigenvalue weighted by Gasteiger charge is -2.24. The molecule has 3 amide bonds. The number of nitrogens with two attached hydrogens (primary N) is 3. The fourth-order valence-corrected chi connectivity index (χ4v) is 3.31. The predicted molar refractivity (Wildman–Crippen MR) is 136 cm³/mol. The van der Waals surface area contributed by atoms with E-state index >= 15 is 0 Å². The van der Waals surface area contributed by atoms with E-state index in [9.17, 15) is 39.0 Å². The quantitative estimate of drug-likeness (QED) is 0.0535. The van der Waals surface area contributed by atoms with Gasteiger partial charge in [-0.2, -0.15) is 0 Å². The second-order valence-electron chi connectivity index (χ2n) is 8.46. The Balaban J connectivity index is 3.10. The molecule has 1 rings (SSSR count). The summed E-state index contributed by atoms with van der Waals surface area (Å²) in [7, 11) is 0. The summed E-state index contributed by atoms with van der Waals surface area (Å²) in [5.41, 5.74) is 16.5. The lowest BCUT2D eigenvalue weighted by molar-refractivity contribution is -0.143. The Morgan fingerprint density at radius 1 is 0.769 bits per heavy atom. The summed E-state index contributed by atoms with van der Waals surface area (Å²) >= 11 is 0. The molecule has 0 aliphatic carbocycles. The molecule has 0 heterocycles. The topological polar surface area (TPSA) is 290 Å². The third-order valence-corrected chi connectivity index (χ3v) is 5.22. The van der Waals surface area contributed by atoms with Gasteiger partial charge in [-0.15, -0.1) is 0 Å². The highest BCUT2D eigenvalue weighted by Gasteiger charge is 2.32.